The van der Waals surface area contributed by atoms with Crippen molar-refractivity contribution in [3.05, 3.63) is 78.4 Å². The molecule has 0 saturated heterocycles. The van der Waals surface area contributed by atoms with Crippen LogP contribution in [0.25, 0.3) is 0 Å². The van der Waals surface area contributed by atoms with Crippen molar-refractivity contribution in [1.29, 1.82) is 0 Å². The Bertz CT molecular complexity index is 708. The molecule has 5 heteroatoms. The van der Waals surface area contributed by atoms with Crippen LogP contribution in [0.1, 0.15) is 35.7 Å². The predicted molar refractivity (Wildman–Crippen MR) is 93.6 cm³/mol. The van der Waals surface area contributed by atoms with E-state index in [1.165, 1.54) is 17.0 Å². The second kappa shape index (κ2) is 8.01. The van der Waals surface area contributed by atoms with Crippen LogP contribution in [-0.2, 0) is 6.18 Å². The zero-order chi connectivity index (χ0) is 18.4. The minimum absolute atomic E-state index is 0.265. The van der Waals surface area contributed by atoms with Crippen LogP contribution in [-0.4, -0.2) is 11.9 Å². The summed E-state index contributed by atoms with van der Waals surface area (Å²) in [6, 6.07) is 13.0. The minimum Gasteiger partial charge on any atom is -0.302 e. The van der Waals surface area contributed by atoms with Gasteiger partial charge in [0.15, 0.2) is 0 Å². The smallest absolute Gasteiger partial charge is 0.302 e. The topological polar surface area (TPSA) is 20.3 Å². The van der Waals surface area contributed by atoms with E-state index < -0.39 is 11.7 Å². The van der Waals surface area contributed by atoms with Crippen LogP contribution >= 0.6 is 0 Å². The molecule has 0 heterocycles. The molecule has 0 N–H and O–H groups in total. The van der Waals surface area contributed by atoms with Crippen molar-refractivity contribution in [2.24, 2.45) is 0 Å². The number of carbonyl (C=O) groups excluding carboxylic acids is 1. The van der Waals surface area contributed by atoms with Crippen LogP contribution in [0.15, 0.2) is 67.3 Å². The van der Waals surface area contributed by atoms with Gasteiger partial charge < -0.3 is 4.90 Å². The third kappa shape index (κ3) is 4.50. The molecule has 0 saturated carbocycles. The predicted octanol–water partition coefficient (Wildman–Crippen LogP) is 5.71. The summed E-state index contributed by atoms with van der Waals surface area (Å²) < 4.78 is 38.4. The maximum Gasteiger partial charge on any atom is 0.416 e. The summed E-state index contributed by atoms with van der Waals surface area (Å²) in [6.45, 7) is 5.77. The van der Waals surface area contributed by atoms with Gasteiger partial charge in [0.1, 0.15) is 0 Å². The number of anilines is 1. The SMILES string of the molecule is C=C[C@H](CCC)N(C(=O)c1ccccc1)c1ccc(C(F)(F)F)cc1. The number of amides is 1. The number of hydrogen-bond acceptors (Lipinski definition) is 1. The molecule has 0 spiro atoms. The van der Waals surface area contributed by atoms with Crippen LogP contribution in [0.4, 0.5) is 18.9 Å². The summed E-state index contributed by atoms with van der Waals surface area (Å²) in [5.74, 6) is -0.265. The average molecular weight is 347 g/mol. The van der Waals surface area contributed by atoms with Gasteiger partial charge in [0.05, 0.1) is 11.6 Å². The normalized spacial score (nSPS) is 12.5. The fourth-order valence-corrected chi connectivity index (χ4v) is 2.64. The molecule has 1 amide bonds. The Kier molecular flexibility index (Phi) is 6.02. The molecule has 0 fully saturated rings. The lowest BCUT2D eigenvalue weighted by atomic mass is 10.1. The molecule has 0 aromatic heterocycles. The van der Waals surface area contributed by atoms with Gasteiger partial charge in [-0.25, -0.2) is 0 Å². The molecule has 2 aromatic rings. The zero-order valence-corrected chi connectivity index (χ0v) is 14.0. The second-order valence-corrected chi connectivity index (χ2v) is 5.68. The maximum atomic E-state index is 13.0. The molecule has 0 aliphatic rings. The second-order valence-electron chi connectivity index (χ2n) is 5.68. The number of nitrogens with zero attached hydrogens (tertiary/aromatic N) is 1. The molecule has 2 aromatic carbocycles. The molecule has 0 unspecified atom stereocenters. The average Bonchev–Trinajstić information content (AvgIpc) is 2.61. The lowest BCUT2D eigenvalue weighted by molar-refractivity contribution is -0.137. The Labute approximate surface area is 145 Å². The van der Waals surface area contributed by atoms with Crippen LogP contribution in [0, 0.1) is 0 Å². The largest absolute Gasteiger partial charge is 0.416 e. The first-order valence-electron chi connectivity index (χ1n) is 8.07. The Balaban J connectivity index is 2.44. The van der Waals surface area contributed by atoms with E-state index in [-0.39, 0.29) is 11.9 Å². The van der Waals surface area contributed by atoms with Gasteiger partial charge in [-0.05, 0) is 42.8 Å². The Hall–Kier alpha value is -2.56. The monoisotopic (exact) mass is 347 g/mol. The minimum atomic E-state index is -4.41. The van der Waals surface area contributed by atoms with Gasteiger partial charge in [-0.1, -0.05) is 37.6 Å². The summed E-state index contributed by atoms with van der Waals surface area (Å²) in [6.07, 6.45) is -1.27. The van der Waals surface area contributed by atoms with E-state index in [1.807, 2.05) is 6.92 Å². The highest BCUT2D eigenvalue weighted by molar-refractivity contribution is 6.06. The van der Waals surface area contributed by atoms with Crippen molar-refractivity contribution in [3.63, 3.8) is 0 Å². The first kappa shape index (κ1) is 18.8. The first-order chi connectivity index (χ1) is 11.9. The lowest BCUT2D eigenvalue weighted by Crippen LogP contribution is -2.39. The summed E-state index contributed by atoms with van der Waals surface area (Å²) in [5, 5.41) is 0. The van der Waals surface area contributed by atoms with Crippen molar-refractivity contribution in [1.82, 2.24) is 0 Å². The summed E-state index contributed by atoms with van der Waals surface area (Å²) in [5.41, 5.74) is 0.152. The first-order valence-corrected chi connectivity index (χ1v) is 8.07. The molecule has 25 heavy (non-hydrogen) atoms. The van der Waals surface area contributed by atoms with Crippen molar-refractivity contribution in [2.75, 3.05) is 4.90 Å². The van der Waals surface area contributed by atoms with E-state index in [1.54, 1.807) is 36.4 Å². The number of benzene rings is 2. The zero-order valence-electron chi connectivity index (χ0n) is 14.0. The number of hydrogen-bond donors (Lipinski definition) is 0. The molecule has 0 aliphatic carbocycles. The molecule has 0 bridgehead atoms. The number of carbonyl (C=O) groups is 1. The van der Waals surface area contributed by atoms with Gasteiger partial charge in [0, 0.05) is 11.3 Å². The Morgan fingerprint density at radius 1 is 1.12 bits per heavy atom. The third-order valence-electron chi connectivity index (χ3n) is 3.90. The van der Waals surface area contributed by atoms with Gasteiger partial charge in [0.25, 0.3) is 5.91 Å². The molecule has 132 valence electrons. The number of alkyl halides is 3. The van der Waals surface area contributed by atoms with E-state index in [9.17, 15) is 18.0 Å². The van der Waals surface area contributed by atoms with Crippen molar-refractivity contribution >= 4 is 11.6 Å². The summed E-state index contributed by atoms with van der Waals surface area (Å²) in [4.78, 5) is 14.5. The van der Waals surface area contributed by atoms with Gasteiger partial charge in [-0.2, -0.15) is 13.2 Å². The van der Waals surface area contributed by atoms with Crippen LogP contribution < -0.4 is 4.90 Å². The Morgan fingerprint density at radius 2 is 1.72 bits per heavy atom. The molecule has 2 nitrogen and oxygen atoms in total. The van der Waals surface area contributed by atoms with Gasteiger partial charge in [0.2, 0.25) is 0 Å². The standard InChI is InChI=1S/C20H20F3NO/c1-3-8-17(4-2)24(19(25)15-9-6-5-7-10-15)18-13-11-16(12-14-18)20(21,22)23/h4-7,9-14,17H,2-3,8H2,1H3/t17-/m1/s1. The van der Waals surface area contributed by atoms with Gasteiger partial charge in [-0.3, -0.25) is 4.79 Å². The van der Waals surface area contributed by atoms with Crippen LogP contribution in [0.5, 0.6) is 0 Å². The molecule has 0 aliphatic heterocycles. The lowest BCUT2D eigenvalue weighted by Gasteiger charge is -2.30. The third-order valence-corrected chi connectivity index (χ3v) is 3.90. The van der Waals surface area contributed by atoms with E-state index >= 15 is 0 Å². The highest BCUT2D eigenvalue weighted by atomic mass is 19.4. The fourth-order valence-electron chi connectivity index (χ4n) is 2.64. The summed E-state index contributed by atoms with van der Waals surface area (Å²) in [7, 11) is 0. The van der Waals surface area contributed by atoms with E-state index in [0.717, 1.165) is 18.6 Å². The van der Waals surface area contributed by atoms with E-state index in [0.29, 0.717) is 17.7 Å². The van der Waals surface area contributed by atoms with Crippen LogP contribution in [0.3, 0.4) is 0 Å². The molecule has 2 rings (SSSR count). The van der Waals surface area contributed by atoms with Crippen molar-refractivity contribution in [3.8, 4) is 0 Å². The molecular formula is C20H20F3NO. The van der Waals surface area contributed by atoms with E-state index in [2.05, 4.69) is 6.58 Å². The van der Waals surface area contributed by atoms with E-state index in [4.69, 9.17) is 0 Å². The van der Waals surface area contributed by atoms with Gasteiger partial charge in [-0.15, -0.1) is 6.58 Å². The number of halogens is 3. The van der Waals surface area contributed by atoms with Crippen LogP contribution in [0.2, 0.25) is 0 Å². The molecule has 1 atom stereocenters. The van der Waals surface area contributed by atoms with Crippen molar-refractivity contribution < 1.29 is 18.0 Å². The highest BCUT2D eigenvalue weighted by Crippen LogP contribution is 2.31. The highest BCUT2D eigenvalue weighted by Gasteiger charge is 2.31. The summed E-state index contributed by atoms with van der Waals surface area (Å²) >= 11 is 0. The molecule has 0 radical (unpaired) electrons. The maximum absolute atomic E-state index is 13.0. The number of rotatable bonds is 6. The van der Waals surface area contributed by atoms with Gasteiger partial charge >= 0.3 is 6.18 Å². The quantitative estimate of drug-likeness (QED) is 0.613. The fraction of sp³-hybridized carbons (Fsp3) is 0.250. The Morgan fingerprint density at radius 3 is 2.20 bits per heavy atom. The van der Waals surface area contributed by atoms with Crippen molar-refractivity contribution in [2.45, 2.75) is 32.0 Å². The molecular weight excluding hydrogens is 327 g/mol.